The van der Waals surface area contributed by atoms with Crippen LogP contribution in [0, 0.1) is 11.3 Å². The highest BCUT2D eigenvalue weighted by Gasteiger charge is 2.27. The van der Waals surface area contributed by atoms with E-state index in [4.69, 9.17) is 5.73 Å². The number of amides is 1. The second-order valence-electron chi connectivity index (χ2n) is 7.05. The summed E-state index contributed by atoms with van der Waals surface area (Å²) in [7, 11) is 0. The lowest BCUT2D eigenvalue weighted by Crippen LogP contribution is -2.47. The Balaban J connectivity index is 2.48. The monoisotopic (exact) mass is 254 g/mol. The maximum atomic E-state index is 12.3. The van der Waals surface area contributed by atoms with Gasteiger partial charge in [0.2, 0.25) is 5.91 Å². The molecule has 18 heavy (non-hydrogen) atoms. The molecule has 1 saturated heterocycles. The van der Waals surface area contributed by atoms with E-state index in [1.165, 1.54) is 6.42 Å². The van der Waals surface area contributed by atoms with Gasteiger partial charge < -0.3 is 10.6 Å². The van der Waals surface area contributed by atoms with Crippen molar-refractivity contribution in [2.45, 2.75) is 65.8 Å². The summed E-state index contributed by atoms with van der Waals surface area (Å²) in [6, 6.07) is 0.285. The number of nitrogens with zero attached hydrogens (tertiary/aromatic N) is 1. The molecule has 0 aliphatic carbocycles. The normalized spacial score (nSPS) is 22.9. The minimum absolute atomic E-state index is 0.285. The molecular weight excluding hydrogens is 224 g/mol. The lowest BCUT2D eigenvalue weighted by molar-refractivity contribution is -0.135. The highest BCUT2D eigenvalue weighted by Crippen LogP contribution is 2.27. The van der Waals surface area contributed by atoms with Crippen molar-refractivity contribution in [1.29, 1.82) is 0 Å². The summed E-state index contributed by atoms with van der Waals surface area (Å²) in [6.45, 7) is 10.4. The fraction of sp³-hybridized carbons (Fsp3) is 0.933. The van der Waals surface area contributed by atoms with Gasteiger partial charge in [-0.1, -0.05) is 27.7 Å². The van der Waals surface area contributed by atoms with Gasteiger partial charge in [-0.25, -0.2) is 0 Å². The number of likely N-dealkylation sites (tertiary alicyclic amines) is 1. The topological polar surface area (TPSA) is 46.3 Å². The summed E-state index contributed by atoms with van der Waals surface area (Å²) in [5, 5.41) is 0. The highest BCUT2D eigenvalue weighted by molar-refractivity contribution is 5.76. The Kier molecular flexibility index (Phi) is 5.64. The SMILES string of the molecule is CC(CC(=O)N1CCCCC1CN)CC(C)(C)C. The molecule has 0 saturated carbocycles. The minimum Gasteiger partial charge on any atom is -0.338 e. The van der Waals surface area contributed by atoms with Crippen molar-refractivity contribution in [3.63, 3.8) is 0 Å². The van der Waals surface area contributed by atoms with Crippen molar-refractivity contribution in [3.8, 4) is 0 Å². The van der Waals surface area contributed by atoms with Crippen LogP contribution in [0.15, 0.2) is 0 Å². The molecule has 1 fully saturated rings. The summed E-state index contributed by atoms with van der Waals surface area (Å²) in [5.41, 5.74) is 6.07. The number of hydrogen-bond acceptors (Lipinski definition) is 2. The van der Waals surface area contributed by atoms with Gasteiger partial charge in [0, 0.05) is 25.6 Å². The van der Waals surface area contributed by atoms with E-state index in [1.54, 1.807) is 0 Å². The van der Waals surface area contributed by atoms with Crippen LogP contribution in [0.2, 0.25) is 0 Å². The van der Waals surface area contributed by atoms with Gasteiger partial charge in [-0.05, 0) is 37.0 Å². The van der Waals surface area contributed by atoms with E-state index in [0.717, 1.165) is 25.8 Å². The summed E-state index contributed by atoms with van der Waals surface area (Å²) in [4.78, 5) is 14.4. The third-order valence-corrected chi connectivity index (χ3v) is 3.70. The lowest BCUT2D eigenvalue weighted by atomic mass is 9.84. The molecule has 2 unspecified atom stereocenters. The molecule has 0 bridgehead atoms. The van der Waals surface area contributed by atoms with Crippen LogP contribution in [-0.2, 0) is 4.79 Å². The zero-order valence-corrected chi connectivity index (χ0v) is 12.5. The van der Waals surface area contributed by atoms with Crippen molar-refractivity contribution in [2.75, 3.05) is 13.1 Å². The molecule has 0 radical (unpaired) electrons. The predicted molar refractivity (Wildman–Crippen MR) is 76.3 cm³/mol. The number of carbonyl (C=O) groups excluding carboxylic acids is 1. The molecule has 2 atom stereocenters. The molecule has 0 aromatic heterocycles. The summed E-state index contributed by atoms with van der Waals surface area (Å²) >= 11 is 0. The third kappa shape index (κ3) is 4.97. The Morgan fingerprint density at radius 1 is 1.39 bits per heavy atom. The van der Waals surface area contributed by atoms with Crippen LogP contribution >= 0.6 is 0 Å². The first-order valence-electron chi connectivity index (χ1n) is 7.33. The first kappa shape index (κ1) is 15.5. The number of hydrogen-bond donors (Lipinski definition) is 1. The molecule has 1 amide bonds. The van der Waals surface area contributed by atoms with Crippen molar-refractivity contribution < 1.29 is 4.79 Å². The summed E-state index contributed by atoms with van der Waals surface area (Å²) in [5.74, 6) is 0.764. The first-order valence-corrected chi connectivity index (χ1v) is 7.33. The first-order chi connectivity index (χ1) is 8.33. The Labute approximate surface area is 112 Å². The lowest BCUT2D eigenvalue weighted by Gasteiger charge is -2.36. The van der Waals surface area contributed by atoms with Crippen molar-refractivity contribution >= 4 is 5.91 Å². The van der Waals surface area contributed by atoms with Gasteiger partial charge in [-0.2, -0.15) is 0 Å². The largest absolute Gasteiger partial charge is 0.338 e. The van der Waals surface area contributed by atoms with Gasteiger partial charge >= 0.3 is 0 Å². The minimum atomic E-state index is 0.285. The van der Waals surface area contributed by atoms with Gasteiger partial charge in [-0.3, -0.25) is 4.79 Å². The third-order valence-electron chi connectivity index (χ3n) is 3.70. The van der Waals surface area contributed by atoms with Crippen LogP contribution in [0.5, 0.6) is 0 Å². The standard InChI is InChI=1S/C15H30N2O/c1-12(10-15(2,3)4)9-14(18)17-8-6-5-7-13(17)11-16/h12-13H,5-11,16H2,1-4H3. The predicted octanol–water partition coefficient (Wildman–Crippen LogP) is 2.79. The number of carbonyl (C=O) groups is 1. The van der Waals surface area contributed by atoms with Crippen LogP contribution in [0.1, 0.15) is 59.8 Å². The van der Waals surface area contributed by atoms with Crippen molar-refractivity contribution in [1.82, 2.24) is 4.90 Å². The molecule has 3 heteroatoms. The second kappa shape index (κ2) is 6.55. The van der Waals surface area contributed by atoms with Crippen molar-refractivity contribution in [2.24, 2.45) is 17.1 Å². The van der Waals surface area contributed by atoms with Gasteiger partial charge in [0.15, 0.2) is 0 Å². The zero-order valence-electron chi connectivity index (χ0n) is 12.5. The quantitative estimate of drug-likeness (QED) is 0.838. The molecule has 1 aliphatic heterocycles. The molecule has 106 valence electrons. The molecule has 3 nitrogen and oxygen atoms in total. The molecule has 1 heterocycles. The molecule has 0 aromatic carbocycles. The molecule has 2 N–H and O–H groups in total. The number of nitrogens with two attached hydrogens (primary N) is 1. The van der Waals surface area contributed by atoms with Gasteiger partial charge in [-0.15, -0.1) is 0 Å². The Hall–Kier alpha value is -0.570. The Morgan fingerprint density at radius 2 is 2.06 bits per heavy atom. The van der Waals surface area contributed by atoms with E-state index in [2.05, 4.69) is 27.7 Å². The van der Waals surface area contributed by atoms with Crippen LogP contribution in [0.4, 0.5) is 0 Å². The van der Waals surface area contributed by atoms with Crippen LogP contribution in [0.3, 0.4) is 0 Å². The number of rotatable bonds is 4. The molecule has 1 rings (SSSR count). The van der Waals surface area contributed by atoms with E-state index in [1.807, 2.05) is 4.90 Å². The molecular formula is C15H30N2O. The smallest absolute Gasteiger partial charge is 0.223 e. The van der Waals surface area contributed by atoms with Crippen LogP contribution in [0.25, 0.3) is 0 Å². The number of piperidine rings is 1. The molecule has 0 spiro atoms. The fourth-order valence-corrected chi connectivity index (χ4v) is 3.11. The van der Waals surface area contributed by atoms with E-state index in [0.29, 0.717) is 30.2 Å². The summed E-state index contributed by atoms with van der Waals surface area (Å²) in [6.07, 6.45) is 5.20. The van der Waals surface area contributed by atoms with Gasteiger partial charge in [0.05, 0.1) is 0 Å². The molecule has 1 aliphatic rings. The average Bonchev–Trinajstić information content (AvgIpc) is 2.26. The van der Waals surface area contributed by atoms with Gasteiger partial charge in [0.1, 0.15) is 0 Å². The Morgan fingerprint density at radius 3 is 2.61 bits per heavy atom. The second-order valence-corrected chi connectivity index (χ2v) is 7.05. The van der Waals surface area contributed by atoms with E-state index in [9.17, 15) is 4.79 Å². The van der Waals surface area contributed by atoms with Crippen LogP contribution in [-0.4, -0.2) is 29.9 Å². The Bertz CT molecular complexity index is 270. The van der Waals surface area contributed by atoms with Crippen molar-refractivity contribution in [3.05, 3.63) is 0 Å². The molecule has 0 aromatic rings. The maximum absolute atomic E-state index is 12.3. The average molecular weight is 254 g/mol. The highest BCUT2D eigenvalue weighted by atomic mass is 16.2. The van der Waals surface area contributed by atoms with Gasteiger partial charge in [0.25, 0.3) is 0 Å². The summed E-state index contributed by atoms with van der Waals surface area (Å²) < 4.78 is 0. The van der Waals surface area contributed by atoms with E-state index < -0.39 is 0 Å². The maximum Gasteiger partial charge on any atom is 0.223 e. The fourth-order valence-electron chi connectivity index (χ4n) is 3.11. The van der Waals surface area contributed by atoms with Crippen LogP contribution < -0.4 is 5.73 Å². The van der Waals surface area contributed by atoms with E-state index >= 15 is 0 Å². The zero-order chi connectivity index (χ0) is 13.8. The van der Waals surface area contributed by atoms with E-state index in [-0.39, 0.29) is 6.04 Å².